The molecule has 0 radical (unpaired) electrons. The molecular formula is C15H21N3. The zero-order valence-electron chi connectivity index (χ0n) is 11.6. The molecule has 0 spiro atoms. The van der Waals surface area contributed by atoms with Crippen molar-refractivity contribution >= 4 is 0 Å². The average Bonchev–Trinajstić information content (AvgIpc) is 2.59. The van der Waals surface area contributed by atoms with Gasteiger partial charge in [0.15, 0.2) is 0 Å². The van der Waals surface area contributed by atoms with Crippen LogP contribution < -0.4 is 5.73 Å². The Morgan fingerprint density at radius 1 is 1.06 bits per heavy atom. The number of nitrogens with two attached hydrogens (primary N) is 1. The van der Waals surface area contributed by atoms with Crippen LogP contribution in [0.15, 0.2) is 18.2 Å². The second kappa shape index (κ2) is 4.94. The van der Waals surface area contributed by atoms with E-state index in [1.807, 2.05) is 6.92 Å². The Morgan fingerprint density at radius 2 is 1.67 bits per heavy atom. The maximum absolute atomic E-state index is 5.76. The summed E-state index contributed by atoms with van der Waals surface area (Å²) in [5, 5.41) is 4.60. The summed E-state index contributed by atoms with van der Waals surface area (Å²) in [5.74, 6) is 0. The fourth-order valence-electron chi connectivity index (χ4n) is 2.43. The molecule has 2 aromatic rings. The molecule has 0 unspecified atom stereocenters. The Kier molecular flexibility index (Phi) is 3.53. The topological polar surface area (TPSA) is 43.8 Å². The molecule has 0 bridgehead atoms. The molecule has 2 rings (SSSR count). The third-order valence-electron chi connectivity index (χ3n) is 3.69. The van der Waals surface area contributed by atoms with Crippen molar-refractivity contribution in [1.29, 1.82) is 0 Å². The maximum atomic E-state index is 5.76. The molecule has 0 aliphatic heterocycles. The van der Waals surface area contributed by atoms with Crippen molar-refractivity contribution in [2.24, 2.45) is 5.73 Å². The molecule has 2 N–H and O–H groups in total. The van der Waals surface area contributed by atoms with E-state index in [0.717, 1.165) is 12.2 Å². The van der Waals surface area contributed by atoms with Crippen LogP contribution >= 0.6 is 0 Å². The minimum Gasteiger partial charge on any atom is -0.326 e. The minimum absolute atomic E-state index is 0.560. The van der Waals surface area contributed by atoms with Gasteiger partial charge in [-0.1, -0.05) is 18.2 Å². The van der Waals surface area contributed by atoms with Crippen molar-refractivity contribution in [3.8, 4) is 0 Å². The first-order valence-corrected chi connectivity index (χ1v) is 6.32. The van der Waals surface area contributed by atoms with E-state index in [-0.39, 0.29) is 0 Å². The molecule has 0 aliphatic rings. The van der Waals surface area contributed by atoms with Gasteiger partial charge < -0.3 is 5.73 Å². The van der Waals surface area contributed by atoms with Crippen molar-refractivity contribution in [2.45, 2.75) is 40.8 Å². The second-order valence-corrected chi connectivity index (χ2v) is 4.88. The first-order valence-electron chi connectivity index (χ1n) is 6.32. The predicted molar refractivity (Wildman–Crippen MR) is 74.6 cm³/mol. The van der Waals surface area contributed by atoms with Crippen LogP contribution in [-0.2, 0) is 13.1 Å². The second-order valence-electron chi connectivity index (χ2n) is 4.88. The van der Waals surface area contributed by atoms with E-state index in [1.54, 1.807) is 0 Å². The van der Waals surface area contributed by atoms with Gasteiger partial charge in [0.05, 0.1) is 12.2 Å². The van der Waals surface area contributed by atoms with Gasteiger partial charge in [0, 0.05) is 17.8 Å². The van der Waals surface area contributed by atoms with E-state index in [0.29, 0.717) is 6.54 Å². The van der Waals surface area contributed by atoms with Crippen molar-refractivity contribution < 1.29 is 0 Å². The molecule has 0 amide bonds. The molecule has 96 valence electrons. The number of aromatic nitrogens is 2. The molecule has 1 aromatic heterocycles. The molecular weight excluding hydrogens is 222 g/mol. The van der Waals surface area contributed by atoms with E-state index in [9.17, 15) is 0 Å². The minimum atomic E-state index is 0.560. The molecule has 3 nitrogen and oxygen atoms in total. The van der Waals surface area contributed by atoms with E-state index in [2.05, 4.69) is 48.8 Å². The molecule has 1 heterocycles. The molecule has 0 atom stereocenters. The highest BCUT2D eigenvalue weighted by Gasteiger charge is 2.11. The Hall–Kier alpha value is -1.61. The lowest BCUT2D eigenvalue weighted by molar-refractivity contribution is 0.653. The number of rotatable bonds is 3. The highest BCUT2D eigenvalue weighted by molar-refractivity contribution is 5.34. The van der Waals surface area contributed by atoms with Gasteiger partial charge in [0.25, 0.3) is 0 Å². The van der Waals surface area contributed by atoms with Gasteiger partial charge in [0.2, 0.25) is 0 Å². The third-order valence-corrected chi connectivity index (χ3v) is 3.69. The summed E-state index contributed by atoms with van der Waals surface area (Å²) in [4.78, 5) is 0. The van der Waals surface area contributed by atoms with Crippen LogP contribution in [0.2, 0.25) is 0 Å². The molecule has 18 heavy (non-hydrogen) atoms. The van der Waals surface area contributed by atoms with Crippen molar-refractivity contribution in [3.05, 3.63) is 51.8 Å². The van der Waals surface area contributed by atoms with Gasteiger partial charge in [-0.3, -0.25) is 4.68 Å². The monoisotopic (exact) mass is 243 g/mol. The van der Waals surface area contributed by atoms with Crippen LogP contribution in [0.3, 0.4) is 0 Å². The summed E-state index contributed by atoms with van der Waals surface area (Å²) in [6.07, 6.45) is 0. The lowest BCUT2D eigenvalue weighted by atomic mass is 10.0. The van der Waals surface area contributed by atoms with Crippen molar-refractivity contribution in [1.82, 2.24) is 9.78 Å². The molecule has 0 fully saturated rings. The van der Waals surface area contributed by atoms with Crippen LogP contribution in [0, 0.1) is 27.7 Å². The summed E-state index contributed by atoms with van der Waals surface area (Å²) in [6, 6.07) is 6.40. The standard InChI is InChI=1S/C15H21N3/c1-10-6-5-7-11(2)15(10)9-18-13(4)14(8-16)12(3)17-18/h5-7H,8-9,16H2,1-4H3. The van der Waals surface area contributed by atoms with Gasteiger partial charge in [-0.05, 0) is 44.4 Å². The van der Waals surface area contributed by atoms with E-state index in [1.165, 1.54) is 27.9 Å². The lowest BCUT2D eigenvalue weighted by Crippen LogP contribution is -2.08. The Labute approximate surface area is 109 Å². The summed E-state index contributed by atoms with van der Waals surface area (Å²) in [6.45, 7) is 9.80. The largest absolute Gasteiger partial charge is 0.326 e. The van der Waals surface area contributed by atoms with Crippen molar-refractivity contribution in [2.75, 3.05) is 0 Å². The van der Waals surface area contributed by atoms with Gasteiger partial charge in [0.1, 0.15) is 0 Å². The number of aryl methyl sites for hydroxylation is 3. The summed E-state index contributed by atoms with van der Waals surface area (Å²) < 4.78 is 2.06. The van der Waals surface area contributed by atoms with Crippen molar-refractivity contribution in [3.63, 3.8) is 0 Å². The fraction of sp³-hybridized carbons (Fsp3) is 0.400. The van der Waals surface area contributed by atoms with Crippen LogP contribution in [-0.4, -0.2) is 9.78 Å². The molecule has 0 saturated carbocycles. The highest BCUT2D eigenvalue weighted by atomic mass is 15.3. The zero-order valence-corrected chi connectivity index (χ0v) is 11.6. The van der Waals surface area contributed by atoms with Gasteiger partial charge in [-0.25, -0.2) is 0 Å². The summed E-state index contributed by atoms with van der Waals surface area (Å²) in [5.41, 5.74) is 13.1. The Bertz CT molecular complexity index is 547. The SMILES string of the molecule is Cc1cccc(C)c1Cn1nc(C)c(CN)c1C. The van der Waals surface area contributed by atoms with E-state index < -0.39 is 0 Å². The summed E-state index contributed by atoms with van der Waals surface area (Å²) >= 11 is 0. The summed E-state index contributed by atoms with van der Waals surface area (Å²) in [7, 11) is 0. The van der Waals surface area contributed by atoms with Crippen LogP contribution in [0.4, 0.5) is 0 Å². The first kappa shape index (κ1) is 12.8. The number of benzene rings is 1. The van der Waals surface area contributed by atoms with Gasteiger partial charge in [-0.2, -0.15) is 5.10 Å². The maximum Gasteiger partial charge on any atom is 0.0667 e. The van der Waals surface area contributed by atoms with Gasteiger partial charge >= 0.3 is 0 Å². The smallest absolute Gasteiger partial charge is 0.0667 e. The fourth-order valence-corrected chi connectivity index (χ4v) is 2.43. The number of nitrogens with zero attached hydrogens (tertiary/aromatic N) is 2. The van der Waals surface area contributed by atoms with Crippen LogP contribution in [0.5, 0.6) is 0 Å². The van der Waals surface area contributed by atoms with E-state index >= 15 is 0 Å². The normalized spacial score (nSPS) is 10.9. The Balaban J connectivity index is 2.41. The number of hydrogen-bond donors (Lipinski definition) is 1. The third kappa shape index (κ3) is 2.18. The van der Waals surface area contributed by atoms with Crippen LogP contribution in [0.1, 0.15) is 33.6 Å². The molecule has 1 aromatic carbocycles. The Morgan fingerprint density at radius 3 is 2.17 bits per heavy atom. The zero-order chi connectivity index (χ0) is 13.3. The van der Waals surface area contributed by atoms with Gasteiger partial charge in [-0.15, -0.1) is 0 Å². The van der Waals surface area contributed by atoms with Crippen LogP contribution in [0.25, 0.3) is 0 Å². The average molecular weight is 243 g/mol. The highest BCUT2D eigenvalue weighted by Crippen LogP contribution is 2.18. The lowest BCUT2D eigenvalue weighted by Gasteiger charge is -2.11. The first-order chi connectivity index (χ1) is 8.54. The quantitative estimate of drug-likeness (QED) is 0.900. The van der Waals surface area contributed by atoms with E-state index in [4.69, 9.17) is 5.73 Å². The predicted octanol–water partition coefficient (Wildman–Crippen LogP) is 2.62. The molecule has 0 saturated heterocycles. The molecule has 0 aliphatic carbocycles. The number of hydrogen-bond acceptors (Lipinski definition) is 2. The molecule has 3 heteroatoms.